The predicted molar refractivity (Wildman–Crippen MR) is 92.6 cm³/mol. The summed E-state index contributed by atoms with van der Waals surface area (Å²) < 4.78 is 10.9. The summed E-state index contributed by atoms with van der Waals surface area (Å²) >= 11 is 1.81. The lowest BCUT2D eigenvalue weighted by molar-refractivity contribution is -0.107. The molecule has 0 N–H and O–H groups in total. The van der Waals surface area contributed by atoms with Crippen molar-refractivity contribution < 1.29 is 14.3 Å². The number of ether oxygens (including phenoxy) is 2. The maximum Gasteiger partial charge on any atom is 0.214 e. The minimum atomic E-state index is 0.281. The Bertz CT molecular complexity index is 690. The molecule has 3 rings (SSSR count). The second-order valence-corrected chi connectivity index (χ2v) is 6.52. The van der Waals surface area contributed by atoms with Crippen molar-refractivity contribution in [2.45, 2.75) is 16.6 Å². The van der Waals surface area contributed by atoms with E-state index in [0.717, 1.165) is 24.1 Å². The average molecular weight is 329 g/mol. The van der Waals surface area contributed by atoms with E-state index in [-0.39, 0.29) is 5.25 Å². The molecular weight excluding hydrogens is 310 g/mol. The number of methoxy groups -OCH3 is 2. The van der Waals surface area contributed by atoms with Crippen molar-refractivity contribution in [1.29, 1.82) is 0 Å². The number of anilines is 1. The molecule has 1 unspecified atom stereocenters. The summed E-state index contributed by atoms with van der Waals surface area (Å²) in [5.41, 5.74) is 1.93. The molecule has 0 radical (unpaired) electrons. The first-order valence-corrected chi connectivity index (χ1v) is 8.35. The minimum Gasteiger partial charge on any atom is -0.493 e. The molecule has 0 aliphatic carbocycles. The highest BCUT2D eigenvalue weighted by Crippen LogP contribution is 2.50. The van der Waals surface area contributed by atoms with Gasteiger partial charge in [0.1, 0.15) is 0 Å². The molecule has 5 heteroatoms. The van der Waals surface area contributed by atoms with Crippen LogP contribution in [0.2, 0.25) is 0 Å². The number of rotatable bonds is 5. The van der Waals surface area contributed by atoms with E-state index in [0.29, 0.717) is 18.0 Å². The quantitative estimate of drug-likeness (QED) is 0.780. The Morgan fingerprint density at radius 1 is 1.13 bits per heavy atom. The van der Waals surface area contributed by atoms with Gasteiger partial charge in [0.2, 0.25) is 6.41 Å². The zero-order valence-corrected chi connectivity index (χ0v) is 14.0. The standard InChI is InChI=1S/C18H19NO3S/c1-21-15-9-8-14-16(23-13-6-4-3-5-7-13)10-11-19(12-20)17(14)18(15)22-2/h3-9,12,16H,10-11H2,1-2H3. The van der Waals surface area contributed by atoms with E-state index in [1.807, 2.05) is 42.1 Å². The first kappa shape index (κ1) is 15.7. The van der Waals surface area contributed by atoms with Gasteiger partial charge in [-0.3, -0.25) is 4.79 Å². The summed E-state index contributed by atoms with van der Waals surface area (Å²) in [5, 5.41) is 0.281. The van der Waals surface area contributed by atoms with Crippen molar-refractivity contribution in [3.63, 3.8) is 0 Å². The molecule has 23 heavy (non-hydrogen) atoms. The molecule has 1 aliphatic heterocycles. The molecule has 1 atom stereocenters. The maximum atomic E-state index is 11.5. The monoisotopic (exact) mass is 329 g/mol. The first-order valence-electron chi connectivity index (χ1n) is 7.47. The van der Waals surface area contributed by atoms with Gasteiger partial charge in [-0.15, -0.1) is 11.8 Å². The Kier molecular flexibility index (Phi) is 4.76. The Morgan fingerprint density at radius 2 is 1.91 bits per heavy atom. The van der Waals surface area contributed by atoms with E-state index in [9.17, 15) is 4.79 Å². The van der Waals surface area contributed by atoms with Crippen LogP contribution in [-0.4, -0.2) is 27.2 Å². The van der Waals surface area contributed by atoms with Crippen LogP contribution in [0.4, 0.5) is 5.69 Å². The van der Waals surface area contributed by atoms with Gasteiger partial charge in [-0.1, -0.05) is 24.3 Å². The zero-order chi connectivity index (χ0) is 16.2. The third-order valence-corrected chi connectivity index (χ3v) is 5.28. The van der Waals surface area contributed by atoms with Gasteiger partial charge in [0.15, 0.2) is 11.5 Å². The number of amides is 1. The molecule has 120 valence electrons. The van der Waals surface area contributed by atoms with E-state index in [1.54, 1.807) is 19.1 Å². The molecule has 0 fully saturated rings. The molecule has 0 saturated heterocycles. The summed E-state index contributed by atoms with van der Waals surface area (Å²) in [4.78, 5) is 14.4. The summed E-state index contributed by atoms with van der Waals surface area (Å²) in [6.45, 7) is 0.671. The number of fused-ring (bicyclic) bond motifs is 1. The minimum absolute atomic E-state index is 0.281. The summed E-state index contributed by atoms with van der Waals surface area (Å²) in [7, 11) is 3.21. The van der Waals surface area contributed by atoms with Gasteiger partial charge < -0.3 is 14.4 Å². The fraction of sp³-hybridized carbons (Fsp3) is 0.278. The Labute approximate surface area is 140 Å². The smallest absolute Gasteiger partial charge is 0.214 e. The molecule has 1 amide bonds. The molecule has 0 aromatic heterocycles. The molecule has 1 aliphatic rings. The topological polar surface area (TPSA) is 38.8 Å². The lowest BCUT2D eigenvalue weighted by atomic mass is 10.0. The van der Waals surface area contributed by atoms with Gasteiger partial charge in [0.05, 0.1) is 19.9 Å². The molecule has 0 saturated carbocycles. The number of hydrogen-bond acceptors (Lipinski definition) is 4. The number of thioether (sulfide) groups is 1. The van der Waals surface area contributed by atoms with Gasteiger partial charge in [-0.05, 0) is 30.2 Å². The fourth-order valence-corrected chi connectivity index (χ4v) is 4.08. The lowest BCUT2D eigenvalue weighted by Crippen LogP contribution is -2.29. The normalized spacial score (nSPS) is 16.6. The summed E-state index contributed by atoms with van der Waals surface area (Å²) in [5.74, 6) is 1.26. The number of nitrogens with zero attached hydrogens (tertiary/aromatic N) is 1. The maximum absolute atomic E-state index is 11.5. The van der Waals surface area contributed by atoms with Crippen LogP contribution in [0.3, 0.4) is 0 Å². The first-order chi connectivity index (χ1) is 11.3. The largest absolute Gasteiger partial charge is 0.493 e. The molecule has 2 aromatic rings. The van der Waals surface area contributed by atoms with Crippen LogP contribution in [-0.2, 0) is 4.79 Å². The average Bonchev–Trinajstić information content (AvgIpc) is 2.61. The van der Waals surface area contributed by atoms with Gasteiger partial charge in [0.25, 0.3) is 0 Å². The van der Waals surface area contributed by atoms with Gasteiger partial charge in [-0.25, -0.2) is 0 Å². The van der Waals surface area contributed by atoms with E-state index < -0.39 is 0 Å². The zero-order valence-electron chi connectivity index (χ0n) is 13.2. The Morgan fingerprint density at radius 3 is 2.57 bits per heavy atom. The third kappa shape index (κ3) is 3.01. The molecule has 2 aromatic carbocycles. The molecule has 0 spiro atoms. The van der Waals surface area contributed by atoms with Crippen LogP contribution in [0.25, 0.3) is 0 Å². The van der Waals surface area contributed by atoms with Crippen LogP contribution in [0.15, 0.2) is 47.4 Å². The summed E-state index contributed by atoms with van der Waals surface area (Å²) in [6, 6.07) is 14.3. The van der Waals surface area contributed by atoms with Crippen LogP contribution < -0.4 is 14.4 Å². The SMILES string of the molecule is COc1ccc2c(c1OC)N(C=O)CCC2Sc1ccccc1. The Hall–Kier alpha value is -2.14. The molecular formula is C18H19NO3S. The highest BCUT2D eigenvalue weighted by molar-refractivity contribution is 7.99. The predicted octanol–water partition coefficient (Wildman–Crippen LogP) is 3.90. The van der Waals surface area contributed by atoms with Crippen molar-refractivity contribution in [3.8, 4) is 11.5 Å². The molecule has 1 heterocycles. The lowest BCUT2D eigenvalue weighted by Gasteiger charge is -2.33. The number of hydrogen-bond donors (Lipinski definition) is 0. The van der Waals surface area contributed by atoms with E-state index in [2.05, 4.69) is 12.1 Å². The number of benzene rings is 2. The highest BCUT2D eigenvalue weighted by atomic mass is 32.2. The van der Waals surface area contributed by atoms with Crippen molar-refractivity contribution in [1.82, 2.24) is 0 Å². The Balaban J connectivity index is 2.03. The van der Waals surface area contributed by atoms with Crippen LogP contribution in [0.1, 0.15) is 17.2 Å². The summed E-state index contributed by atoms with van der Waals surface area (Å²) in [6.07, 6.45) is 1.77. The number of carbonyl (C=O) groups excluding carboxylic acids is 1. The van der Waals surface area contributed by atoms with E-state index in [4.69, 9.17) is 9.47 Å². The molecule has 4 nitrogen and oxygen atoms in total. The van der Waals surface area contributed by atoms with Crippen molar-refractivity contribution >= 4 is 23.9 Å². The van der Waals surface area contributed by atoms with Gasteiger partial charge in [-0.2, -0.15) is 0 Å². The van der Waals surface area contributed by atoms with Crippen LogP contribution in [0.5, 0.6) is 11.5 Å². The van der Waals surface area contributed by atoms with Gasteiger partial charge >= 0.3 is 0 Å². The third-order valence-electron chi connectivity index (χ3n) is 3.97. The van der Waals surface area contributed by atoms with Crippen molar-refractivity contribution in [2.24, 2.45) is 0 Å². The van der Waals surface area contributed by atoms with Gasteiger partial charge in [0, 0.05) is 16.7 Å². The van der Waals surface area contributed by atoms with E-state index in [1.165, 1.54) is 4.90 Å². The van der Waals surface area contributed by atoms with Crippen molar-refractivity contribution in [3.05, 3.63) is 48.0 Å². The van der Waals surface area contributed by atoms with Crippen molar-refractivity contribution in [2.75, 3.05) is 25.7 Å². The molecule has 0 bridgehead atoms. The van der Waals surface area contributed by atoms with E-state index >= 15 is 0 Å². The fourth-order valence-electron chi connectivity index (χ4n) is 2.90. The number of carbonyl (C=O) groups is 1. The van der Waals surface area contributed by atoms with Crippen LogP contribution in [0, 0.1) is 0 Å². The highest BCUT2D eigenvalue weighted by Gasteiger charge is 2.30. The second kappa shape index (κ2) is 6.96. The van der Waals surface area contributed by atoms with Crippen LogP contribution >= 0.6 is 11.8 Å². The second-order valence-electron chi connectivity index (χ2n) is 5.25.